The number of aromatic nitrogens is 1. The zero-order valence-electron chi connectivity index (χ0n) is 18.6. The number of thioether (sulfide) groups is 2. The fourth-order valence-corrected chi connectivity index (χ4v) is 8.58. The van der Waals surface area contributed by atoms with Gasteiger partial charge in [-0.05, 0) is 49.7 Å². The highest BCUT2D eigenvalue weighted by atomic mass is 32.2. The lowest BCUT2D eigenvalue weighted by molar-refractivity contribution is 0.0752. The first-order valence-corrected chi connectivity index (χ1v) is 13.5. The van der Waals surface area contributed by atoms with Gasteiger partial charge in [-0.1, -0.05) is 0 Å². The summed E-state index contributed by atoms with van der Waals surface area (Å²) in [6, 6.07) is 8.81. The Morgan fingerprint density at radius 2 is 1.69 bits per heavy atom. The van der Waals surface area contributed by atoms with Crippen LogP contribution in [0, 0.1) is 5.82 Å². The third-order valence-electron chi connectivity index (χ3n) is 6.88. The third-order valence-corrected chi connectivity index (χ3v) is 10.4. The van der Waals surface area contributed by atoms with Crippen LogP contribution in [-0.2, 0) is 11.1 Å². The lowest BCUT2D eigenvalue weighted by Crippen LogP contribution is -2.47. The Kier molecular flexibility index (Phi) is 6.45. The summed E-state index contributed by atoms with van der Waals surface area (Å²) in [7, 11) is 2.08. The van der Waals surface area contributed by atoms with Gasteiger partial charge in [0.05, 0.1) is 11.3 Å². The molecular weight excluding hydrogens is 443 g/mol. The molecule has 4 heterocycles. The van der Waals surface area contributed by atoms with Gasteiger partial charge in [-0.3, -0.25) is 9.69 Å². The van der Waals surface area contributed by atoms with E-state index in [9.17, 15) is 9.18 Å². The maximum atomic E-state index is 13.3. The standard InChI is InChI=1S/C24H31FN4OS2/c1-26-11-7-21-22(26)24(31-17-18-32-24)8-12-29(23(21)30)10-2-9-27-13-15-28(16-14-27)20-5-3-19(25)4-6-20/h3-7,11H,2,8-10,12-18H2,1H3. The van der Waals surface area contributed by atoms with Gasteiger partial charge >= 0.3 is 0 Å². The largest absolute Gasteiger partial charge is 0.369 e. The number of nitrogens with zero attached hydrogens (tertiary/aromatic N) is 4. The Balaban J connectivity index is 1.15. The zero-order valence-corrected chi connectivity index (χ0v) is 20.3. The first-order valence-electron chi connectivity index (χ1n) is 11.5. The number of hydrogen-bond donors (Lipinski definition) is 0. The van der Waals surface area contributed by atoms with Crippen molar-refractivity contribution in [1.82, 2.24) is 14.4 Å². The molecule has 1 amide bonds. The van der Waals surface area contributed by atoms with Crippen LogP contribution in [0.1, 0.15) is 28.9 Å². The van der Waals surface area contributed by atoms with Crippen LogP contribution in [0.15, 0.2) is 36.5 Å². The van der Waals surface area contributed by atoms with E-state index in [0.717, 1.165) is 81.4 Å². The number of anilines is 1. The van der Waals surface area contributed by atoms with Gasteiger partial charge in [0.1, 0.15) is 9.90 Å². The number of rotatable bonds is 5. The van der Waals surface area contributed by atoms with Gasteiger partial charge in [-0.2, -0.15) is 0 Å². The summed E-state index contributed by atoms with van der Waals surface area (Å²) in [6.45, 7) is 6.59. The van der Waals surface area contributed by atoms with Crippen LogP contribution >= 0.6 is 23.5 Å². The molecule has 32 heavy (non-hydrogen) atoms. The van der Waals surface area contributed by atoms with Crippen LogP contribution in [0.5, 0.6) is 0 Å². The molecule has 2 aromatic rings. The highest BCUT2D eigenvalue weighted by molar-refractivity contribution is 8.20. The molecule has 3 aliphatic heterocycles. The van der Waals surface area contributed by atoms with E-state index in [4.69, 9.17) is 0 Å². The number of aryl methyl sites for hydroxylation is 1. The van der Waals surface area contributed by atoms with Crippen molar-refractivity contribution >= 4 is 35.1 Å². The summed E-state index contributed by atoms with van der Waals surface area (Å²) in [6.07, 6.45) is 4.07. The molecule has 5 nitrogen and oxygen atoms in total. The van der Waals surface area contributed by atoms with Crippen molar-refractivity contribution < 1.29 is 9.18 Å². The van der Waals surface area contributed by atoms with E-state index in [1.807, 2.05) is 47.9 Å². The molecule has 1 aromatic carbocycles. The summed E-state index contributed by atoms with van der Waals surface area (Å²) >= 11 is 4.04. The number of halogens is 1. The lowest BCUT2D eigenvalue weighted by Gasteiger charge is -2.36. The molecule has 0 aliphatic carbocycles. The van der Waals surface area contributed by atoms with Crippen molar-refractivity contribution in [2.75, 3.05) is 62.2 Å². The summed E-state index contributed by atoms with van der Waals surface area (Å²) in [5.74, 6) is 2.33. The summed E-state index contributed by atoms with van der Waals surface area (Å²) in [5.41, 5.74) is 3.21. The molecule has 0 saturated carbocycles. The van der Waals surface area contributed by atoms with Crippen molar-refractivity contribution in [3.05, 3.63) is 53.6 Å². The Morgan fingerprint density at radius 1 is 0.969 bits per heavy atom. The molecule has 1 spiro atoms. The van der Waals surface area contributed by atoms with Crippen molar-refractivity contribution in [3.63, 3.8) is 0 Å². The van der Waals surface area contributed by atoms with E-state index in [0.29, 0.717) is 0 Å². The maximum Gasteiger partial charge on any atom is 0.255 e. The number of carbonyl (C=O) groups excluding carboxylic acids is 1. The molecule has 0 N–H and O–H groups in total. The fourth-order valence-electron chi connectivity index (χ4n) is 5.16. The molecule has 3 aliphatic rings. The van der Waals surface area contributed by atoms with E-state index in [1.165, 1.54) is 17.8 Å². The van der Waals surface area contributed by atoms with Crippen molar-refractivity contribution in [2.24, 2.45) is 7.05 Å². The molecule has 0 atom stereocenters. The van der Waals surface area contributed by atoms with E-state index < -0.39 is 0 Å². The summed E-state index contributed by atoms with van der Waals surface area (Å²) in [4.78, 5) is 20.2. The fraction of sp³-hybridized carbons (Fsp3) is 0.542. The minimum Gasteiger partial charge on any atom is -0.369 e. The smallest absolute Gasteiger partial charge is 0.255 e. The van der Waals surface area contributed by atoms with Crippen molar-refractivity contribution in [1.29, 1.82) is 0 Å². The van der Waals surface area contributed by atoms with E-state index >= 15 is 0 Å². The second-order valence-corrected chi connectivity index (χ2v) is 11.9. The van der Waals surface area contributed by atoms with Gasteiger partial charge in [0.15, 0.2) is 0 Å². The predicted molar refractivity (Wildman–Crippen MR) is 132 cm³/mol. The summed E-state index contributed by atoms with van der Waals surface area (Å²) in [5, 5.41) is 0. The first-order chi connectivity index (χ1) is 15.6. The Morgan fingerprint density at radius 3 is 2.41 bits per heavy atom. The Bertz CT molecular complexity index is 949. The van der Waals surface area contributed by atoms with Crippen molar-refractivity contribution in [2.45, 2.75) is 16.9 Å². The molecule has 1 aromatic heterocycles. The van der Waals surface area contributed by atoms with Crippen LogP contribution in [-0.4, -0.2) is 77.6 Å². The molecule has 0 bridgehead atoms. The number of piperazine rings is 1. The van der Waals surface area contributed by atoms with Gasteiger partial charge in [0.2, 0.25) is 0 Å². The van der Waals surface area contributed by atoms with Gasteiger partial charge < -0.3 is 14.4 Å². The first kappa shape index (κ1) is 22.2. The molecule has 2 saturated heterocycles. The maximum absolute atomic E-state index is 13.3. The molecule has 0 unspecified atom stereocenters. The second-order valence-electron chi connectivity index (χ2n) is 8.84. The second kappa shape index (κ2) is 9.31. The average Bonchev–Trinajstić information content (AvgIpc) is 3.41. The third kappa shape index (κ3) is 4.29. The number of carbonyl (C=O) groups is 1. The topological polar surface area (TPSA) is 31.7 Å². The molecule has 2 fully saturated rings. The number of fused-ring (bicyclic) bond motifs is 2. The number of amides is 1. The van der Waals surface area contributed by atoms with Crippen LogP contribution in [0.3, 0.4) is 0 Å². The minimum absolute atomic E-state index is 0.0364. The number of benzene rings is 1. The molecule has 5 rings (SSSR count). The van der Waals surface area contributed by atoms with Gasteiger partial charge in [0, 0.05) is 69.7 Å². The average molecular weight is 475 g/mol. The van der Waals surface area contributed by atoms with Crippen LogP contribution in [0.2, 0.25) is 0 Å². The Labute approximate surface area is 198 Å². The normalized spacial score (nSPS) is 21.2. The minimum atomic E-state index is -0.186. The SMILES string of the molecule is Cn1ccc2c1C1(CCN(CCCN3CCN(c4ccc(F)cc4)CC3)C2=O)SCCS1. The lowest BCUT2D eigenvalue weighted by atomic mass is 10.1. The number of hydrogen-bond acceptors (Lipinski definition) is 5. The highest BCUT2D eigenvalue weighted by Gasteiger charge is 2.45. The highest BCUT2D eigenvalue weighted by Crippen LogP contribution is 2.56. The van der Waals surface area contributed by atoms with Gasteiger partial charge in [-0.25, -0.2) is 4.39 Å². The van der Waals surface area contributed by atoms with Crippen LogP contribution in [0.25, 0.3) is 0 Å². The summed E-state index contributed by atoms with van der Waals surface area (Å²) < 4.78 is 15.4. The van der Waals surface area contributed by atoms with E-state index in [1.54, 1.807) is 0 Å². The van der Waals surface area contributed by atoms with Crippen LogP contribution < -0.4 is 4.90 Å². The van der Waals surface area contributed by atoms with Crippen molar-refractivity contribution in [3.8, 4) is 0 Å². The molecule has 172 valence electrons. The zero-order chi connectivity index (χ0) is 22.1. The van der Waals surface area contributed by atoms with E-state index in [-0.39, 0.29) is 15.8 Å². The predicted octanol–water partition coefficient (Wildman–Crippen LogP) is 3.86. The molecular formula is C24H31FN4OS2. The van der Waals surface area contributed by atoms with Gasteiger partial charge in [-0.15, -0.1) is 23.5 Å². The van der Waals surface area contributed by atoms with Crippen LogP contribution in [0.4, 0.5) is 10.1 Å². The van der Waals surface area contributed by atoms with Gasteiger partial charge in [0.25, 0.3) is 5.91 Å². The quantitative estimate of drug-likeness (QED) is 0.657. The monoisotopic (exact) mass is 474 g/mol. The molecule has 8 heteroatoms. The van der Waals surface area contributed by atoms with E-state index in [2.05, 4.69) is 26.3 Å². The Hall–Kier alpha value is -1.64. The molecule has 0 radical (unpaired) electrons.